The average Bonchev–Trinajstić information content (AvgIpc) is 2.94. The molecule has 2 fully saturated rings. The lowest BCUT2D eigenvalue weighted by Gasteiger charge is -2.27. The zero-order valence-corrected chi connectivity index (χ0v) is 12.6. The molecular weight excluding hydrogens is 268 g/mol. The lowest BCUT2D eigenvalue weighted by Crippen LogP contribution is -2.47. The van der Waals surface area contributed by atoms with E-state index in [1.54, 1.807) is 12.5 Å². The summed E-state index contributed by atoms with van der Waals surface area (Å²) in [5.41, 5.74) is 0. The molecule has 0 spiro atoms. The average molecular weight is 292 g/mol. The van der Waals surface area contributed by atoms with Gasteiger partial charge in [0.15, 0.2) is 0 Å². The second kappa shape index (κ2) is 6.47. The monoisotopic (exact) mass is 292 g/mol. The number of hydrogen-bond donors (Lipinski definition) is 1. The van der Waals surface area contributed by atoms with E-state index in [1.165, 1.54) is 0 Å². The van der Waals surface area contributed by atoms with Gasteiger partial charge in [-0.15, -0.1) is 0 Å². The van der Waals surface area contributed by atoms with Crippen LogP contribution in [0.3, 0.4) is 0 Å². The quantitative estimate of drug-likeness (QED) is 0.864. The van der Waals surface area contributed by atoms with Crippen LogP contribution in [0.25, 0.3) is 0 Å². The molecule has 6 nitrogen and oxygen atoms in total. The molecule has 116 valence electrons. The first-order valence-corrected chi connectivity index (χ1v) is 7.83. The summed E-state index contributed by atoms with van der Waals surface area (Å²) in [6.07, 6.45) is 8.79. The van der Waals surface area contributed by atoms with Crippen molar-refractivity contribution in [1.82, 2.24) is 19.8 Å². The number of urea groups is 1. The summed E-state index contributed by atoms with van der Waals surface area (Å²) < 4.78 is 7.40. The van der Waals surface area contributed by atoms with Crippen LogP contribution in [-0.4, -0.2) is 52.3 Å². The Hall–Kier alpha value is -1.56. The summed E-state index contributed by atoms with van der Waals surface area (Å²) in [6.45, 7) is 5.23. The van der Waals surface area contributed by atoms with Crippen molar-refractivity contribution in [1.29, 1.82) is 0 Å². The largest absolute Gasteiger partial charge is 0.381 e. The maximum absolute atomic E-state index is 12.5. The van der Waals surface area contributed by atoms with E-state index in [0.29, 0.717) is 12.0 Å². The van der Waals surface area contributed by atoms with Gasteiger partial charge in [-0.2, -0.15) is 0 Å². The van der Waals surface area contributed by atoms with Crippen molar-refractivity contribution in [3.63, 3.8) is 0 Å². The summed E-state index contributed by atoms with van der Waals surface area (Å²) in [5, 5.41) is 3.11. The van der Waals surface area contributed by atoms with Gasteiger partial charge in [0.1, 0.15) is 0 Å². The van der Waals surface area contributed by atoms with Crippen molar-refractivity contribution in [2.75, 3.05) is 19.8 Å². The lowest BCUT2D eigenvalue weighted by molar-refractivity contribution is 0.160. The van der Waals surface area contributed by atoms with Gasteiger partial charge in [-0.1, -0.05) is 0 Å². The number of nitrogens with zero attached hydrogens (tertiary/aromatic N) is 3. The number of ether oxygens (including phenoxy) is 1. The number of rotatable bonds is 6. The van der Waals surface area contributed by atoms with E-state index in [4.69, 9.17) is 4.74 Å². The van der Waals surface area contributed by atoms with Crippen LogP contribution in [0.4, 0.5) is 4.79 Å². The van der Waals surface area contributed by atoms with Gasteiger partial charge in [0, 0.05) is 50.1 Å². The summed E-state index contributed by atoms with van der Waals surface area (Å²) in [6, 6.07) is 0.593. The van der Waals surface area contributed by atoms with Crippen molar-refractivity contribution in [3.8, 4) is 0 Å². The minimum absolute atomic E-state index is 0.0667. The molecule has 2 unspecified atom stereocenters. The Morgan fingerprint density at radius 3 is 3.00 bits per heavy atom. The Morgan fingerprint density at radius 1 is 1.52 bits per heavy atom. The smallest absolute Gasteiger partial charge is 0.317 e. The molecule has 2 aliphatic rings. The molecule has 21 heavy (non-hydrogen) atoms. The van der Waals surface area contributed by atoms with E-state index >= 15 is 0 Å². The van der Waals surface area contributed by atoms with E-state index in [0.717, 1.165) is 45.6 Å². The zero-order valence-electron chi connectivity index (χ0n) is 12.6. The number of amides is 2. The van der Waals surface area contributed by atoms with Gasteiger partial charge in [-0.25, -0.2) is 9.78 Å². The molecule has 2 heterocycles. The van der Waals surface area contributed by atoms with Crippen LogP contribution in [0.1, 0.15) is 26.2 Å². The maximum Gasteiger partial charge on any atom is 0.317 e. The number of carbonyl (C=O) groups excluding carboxylic acids is 1. The molecule has 1 saturated heterocycles. The van der Waals surface area contributed by atoms with Gasteiger partial charge in [0.05, 0.1) is 12.9 Å². The fourth-order valence-electron chi connectivity index (χ4n) is 2.84. The third-order valence-electron chi connectivity index (χ3n) is 4.14. The van der Waals surface area contributed by atoms with E-state index < -0.39 is 0 Å². The Labute approximate surface area is 125 Å². The predicted octanol–water partition coefficient (Wildman–Crippen LogP) is 1.48. The minimum Gasteiger partial charge on any atom is -0.381 e. The number of carbonyl (C=O) groups is 1. The van der Waals surface area contributed by atoms with Gasteiger partial charge in [-0.05, 0) is 26.2 Å². The van der Waals surface area contributed by atoms with Gasteiger partial charge in [0.2, 0.25) is 0 Å². The highest BCUT2D eigenvalue weighted by Crippen LogP contribution is 2.29. The molecule has 3 rings (SSSR count). The Kier molecular flexibility index (Phi) is 4.43. The lowest BCUT2D eigenvalue weighted by atomic mass is 10.1. The molecule has 6 heteroatoms. The van der Waals surface area contributed by atoms with E-state index in [-0.39, 0.29) is 12.1 Å². The molecule has 1 saturated carbocycles. The first-order chi connectivity index (χ1) is 10.2. The molecule has 2 atom stereocenters. The first-order valence-electron chi connectivity index (χ1n) is 7.83. The molecular formula is C15H24N4O2. The van der Waals surface area contributed by atoms with Crippen LogP contribution >= 0.6 is 0 Å². The molecule has 1 N–H and O–H groups in total. The summed E-state index contributed by atoms with van der Waals surface area (Å²) >= 11 is 0. The summed E-state index contributed by atoms with van der Waals surface area (Å²) in [7, 11) is 0. The van der Waals surface area contributed by atoms with Crippen molar-refractivity contribution in [2.45, 2.75) is 44.8 Å². The topological polar surface area (TPSA) is 59.4 Å². The number of aromatic nitrogens is 2. The molecule has 1 aromatic rings. The number of hydrogen-bond acceptors (Lipinski definition) is 3. The second-order valence-electron chi connectivity index (χ2n) is 6.22. The van der Waals surface area contributed by atoms with Gasteiger partial charge >= 0.3 is 6.03 Å². The Morgan fingerprint density at radius 2 is 2.38 bits per heavy atom. The maximum atomic E-state index is 12.5. The fraction of sp³-hybridized carbons (Fsp3) is 0.733. The Balaban J connectivity index is 1.51. The van der Waals surface area contributed by atoms with Gasteiger partial charge in [0.25, 0.3) is 0 Å². The molecule has 1 aromatic heterocycles. The molecule has 2 amide bonds. The van der Waals surface area contributed by atoms with Crippen molar-refractivity contribution in [3.05, 3.63) is 18.7 Å². The van der Waals surface area contributed by atoms with Crippen LogP contribution in [0, 0.1) is 5.92 Å². The highest BCUT2D eigenvalue weighted by molar-refractivity contribution is 5.75. The SMILES string of the molecule is CC(Cn1ccnc1)NC(=O)N(CC1CCOC1)C1CC1. The van der Waals surface area contributed by atoms with Gasteiger partial charge in [-0.3, -0.25) is 0 Å². The van der Waals surface area contributed by atoms with Crippen molar-refractivity contribution < 1.29 is 9.53 Å². The summed E-state index contributed by atoms with van der Waals surface area (Å²) in [5.74, 6) is 0.500. The first kappa shape index (κ1) is 14.4. The highest BCUT2D eigenvalue weighted by Gasteiger charge is 2.35. The third-order valence-corrected chi connectivity index (χ3v) is 4.14. The van der Waals surface area contributed by atoms with E-state index in [2.05, 4.69) is 10.3 Å². The third kappa shape index (κ3) is 3.97. The second-order valence-corrected chi connectivity index (χ2v) is 6.22. The van der Waals surface area contributed by atoms with Gasteiger partial charge < -0.3 is 19.5 Å². The van der Waals surface area contributed by atoms with Crippen LogP contribution in [0.2, 0.25) is 0 Å². The standard InChI is InChI=1S/C15H24N4O2/c1-12(8-18-6-5-16-11-18)17-15(20)19(14-2-3-14)9-13-4-7-21-10-13/h5-6,11-14H,2-4,7-10H2,1H3,(H,17,20). The number of nitrogens with one attached hydrogen (secondary N) is 1. The van der Waals surface area contributed by atoms with E-state index in [1.807, 2.05) is 22.6 Å². The summed E-state index contributed by atoms with van der Waals surface area (Å²) in [4.78, 5) is 18.5. The highest BCUT2D eigenvalue weighted by atomic mass is 16.5. The van der Waals surface area contributed by atoms with Crippen LogP contribution in [-0.2, 0) is 11.3 Å². The number of imidazole rings is 1. The predicted molar refractivity (Wildman–Crippen MR) is 78.9 cm³/mol. The van der Waals surface area contributed by atoms with Crippen LogP contribution in [0.15, 0.2) is 18.7 Å². The normalized spacial score (nSPS) is 23.0. The van der Waals surface area contributed by atoms with Crippen molar-refractivity contribution >= 4 is 6.03 Å². The van der Waals surface area contributed by atoms with Crippen molar-refractivity contribution in [2.24, 2.45) is 5.92 Å². The molecule has 0 radical (unpaired) electrons. The zero-order chi connectivity index (χ0) is 14.7. The van der Waals surface area contributed by atoms with Crippen LogP contribution < -0.4 is 5.32 Å². The molecule has 0 bridgehead atoms. The molecule has 1 aliphatic heterocycles. The van der Waals surface area contributed by atoms with E-state index in [9.17, 15) is 4.79 Å². The fourth-order valence-corrected chi connectivity index (χ4v) is 2.84. The minimum atomic E-state index is 0.0667. The molecule has 1 aliphatic carbocycles. The Bertz CT molecular complexity index is 452. The molecule has 0 aromatic carbocycles. The van der Waals surface area contributed by atoms with Crippen LogP contribution in [0.5, 0.6) is 0 Å².